The monoisotopic (exact) mass is 387 g/mol. The van der Waals surface area contributed by atoms with Crippen LogP contribution in [0.1, 0.15) is 18.1 Å². The quantitative estimate of drug-likeness (QED) is 0.536. The topological polar surface area (TPSA) is 26.0 Å². The summed E-state index contributed by atoms with van der Waals surface area (Å²) in [6.45, 7) is 2.03. The van der Waals surface area contributed by atoms with E-state index in [0.29, 0.717) is 11.4 Å². The average molecular weight is 388 g/mol. The van der Waals surface area contributed by atoms with E-state index in [9.17, 15) is 0 Å². The Hall–Kier alpha value is -1.45. The van der Waals surface area contributed by atoms with Gasteiger partial charge in [0.1, 0.15) is 0 Å². The molecule has 128 valence electrons. The second kappa shape index (κ2) is 7.84. The smallest absolute Gasteiger partial charge is 0.0545 e. The highest BCUT2D eigenvalue weighted by Gasteiger charge is 2.22. The first-order valence-corrected chi connectivity index (χ1v) is 9.57. The van der Waals surface area contributed by atoms with Crippen LogP contribution in [0, 0.1) is 0 Å². The van der Waals surface area contributed by atoms with Crippen molar-refractivity contribution in [3.8, 4) is 0 Å². The molecule has 0 amide bonds. The fraction of sp³-hybridized carbons (Fsp3) is 0.143. The van der Waals surface area contributed by atoms with Gasteiger partial charge in [-0.25, -0.2) is 0 Å². The minimum Gasteiger partial charge on any atom is -0.321 e. The predicted molar refractivity (Wildman–Crippen MR) is 109 cm³/mol. The molecule has 3 aromatic rings. The molecule has 1 nitrogen and oxygen atoms in total. The molecule has 0 aliphatic carbocycles. The Labute approximate surface area is 163 Å². The van der Waals surface area contributed by atoms with E-state index >= 15 is 0 Å². The summed E-state index contributed by atoms with van der Waals surface area (Å²) < 4.78 is 0. The summed E-state index contributed by atoms with van der Waals surface area (Å²) in [7, 11) is 0. The highest BCUT2D eigenvalue weighted by Crippen LogP contribution is 2.35. The normalized spacial score (nSPS) is 13.4. The van der Waals surface area contributed by atoms with E-state index < -0.39 is 5.54 Å². The number of benzene rings is 3. The molecule has 0 fully saturated rings. The van der Waals surface area contributed by atoms with E-state index in [1.165, 1.54) is 0 Å². The minimum absolute atomic E-state index is 0.507. The van der Waals surface area contributed by atoms with E-state index in [1.54, 1.807) is 11.8 Å². The number of hydrogen-bond acceptors (Lipinski definition) is 2. The molecule has 0 saturated carbocycles. The number of rotatable bonds is 5. The van der Waals surface area contributed by atoms with Gasteiger partial charge in [-0.15, -0.1) is 0 Å². The van der Waals surface area contributed by atoms with Gasteiger partial charge in [0.25, 0.3) is 0 Å². The second-order valence-corrected chi connectivity index (χ2v) is 8.24. The van der Waals surface area contributed by atoms with Gasteiger partial charge in [0.05, 0.1) is 5.02 Å². The van der Waals surface area contributed by atoms with Crippen molar-refractivity contribution in [1.29, 1.82) is 0 Å². The molecule has 4 heteroatoms. The van der Waals surface area contributed by atoms with Crippen molar-refractivity contribution in [3.05, 3.63) is 94.0 Å². The number of nitrogens with two attached hydrogens (primary N) is 1. The first-order valence-electron chi connectivity index (χ1n) is 8.00. The van der Waals surface area contributed by atoms with Crippen molar-refractivity contribution in [2.75, 3.05) is 0 Å². The van der Waals surface area contributed by atoms with Gasteiger partial charge in [0.15, 0.2) is 0 Å². The molecule has 25 heavy (non-hydrogen) atoms. The molecule has 0 aromatic heterocycles. The van der Waals surface area contributed by atoms with Crippen molar-refractivity contribution in [1.82, 2.24) is 0 Å². The zero-order chi connectivity index (χ0) is 17.9. The highest BCUT2D eigenvalue weighted by molar-refractivity contribution is 7.99. The summed E-state index contributed by atoms with van der Waals surface area (Å²) in [6.07, 6.45) is 0.701. The van der Waals surface area contributed by atoms with Gasteiger partial charge in [-0.3, -0.25) is 0 Å². The van der Waals surface area contributed by atoms with Crippen LogP contribution in [0.5, 0.6) is 0 Å². The standard InChI is InChI=1S/C21H19Cl2NS/c1-21(24,16-6-5-7-17(22)13-16)14-15-10-11-19(23)20(12-15)25-18-8-3-2-4-9-18/h2-13H,14,24H2,1H3. The molecule has 0 saturated heterocycles. The lowest BCUT2D eigenvalue weighted by Crippen LogP contribution is -2.35. The second-order valence-electron chi connectivity index (χ2n) is 6.28. The van der Waals surface area contributed by atoms with Crippen molar-refractivity contribution in [2.45, 2.75) is 28.7 Å². The van der Waals surface area contributed by atoms with Gasteiger partial charge in [-0.05, 0) is 60.9 Å². The first kappa shape index (κ1) is 18.3. The third-order valence-electron chi connectivity index (χ3n) is 4.02. The van der Waals surface area contributed by atoms with Gasteiger partial charge in [-0.1, -0.05) is 71.4 Å². The van der Waals surface area contributed by atoms with Crippen LogP contribution in [-0.2, 0) is 12.0 Å². The lowest BCUT2D eigenvalue weighted by molar-refractivity contribution is 0.491. The van der Waals surface area contributed by atoms with Crippen LogP contribution in [0.4, 0.5) is 0 Å². The van der Waals surface area contributed by atoms with Crippen molar-refractivity contribution in [2.24, 2.45) is 5.73 Å². The van der Waals surface area contributed by atoms with Crippen LogP contribution in [-0.4, -0.2) is 0 Å². The Morgan fingerprint density at radius 2 is 1.68 bits per heavy atom. The van der Waals surface area contributed by atoms with Gasteiger partial charge in [0.2, 0.25) is 0 Å². The molecule has 1 unspecified atom stereocenters. The Kier molecular flexibility index (Phi) is 5.75. The van der Waals surface area contributed by atoms with Crippen LogP contribution in [0.15, 0.2) is 82.6 Å². The van der Waals surface area contributed by atoms with Crippen molar-refractivity contribution < 1.29 is 0 Å². The fourth-order valence-corrected chi connectivity index (χ4v) is 4.07. The van der Waals surface area contributed by atoms with Crippen molar-refractivity contribution >= 4 is 35.0 Å². The maximum absolute atomic E-state index is 6.58. The summed E-state index contributed by atoms with van der Waals surface area (Å²) in [5.74, 6) is 0. The van der Waals surface area contributed by atoms with Crippen LogP contribution in [0.3, 0.4) is 0 Å². The number of halogens is 2. The van der Waals surface area contributed by atoms with Crippen LogP contribution >= 0.6 is 35.0 Å². The minimum atomic E-state index is -0.507. The first-order chi connectivity index (χ1) is 11.9. The zero-order valence-electron chi connectivity index (χ0n) is 13.9. The molecule has 2 N–H and O–H groups in total. The van der Waals surface area contributed by atoms with Crippen LogP contribution < -0.4 is 5.73 Å². The number of hydrogen-bond donors (Lipinski definition) is 1. The Morgan fingerprint density at radius 3 is 2.40 bits per heavy atom. The molecule has 3 aromatic carbocycles. The van der Waals surface area contributed by atoms with Gasteiger partial charge in [0, 0.05) is 20.4 Å². The molecule has 0 aliphatic rings. The van der Waals surface area contributed by atoms with Gasteiger partial charge >= 0.3 is 0 Å². The lowest BCUT2D eigenvalue weighted by Gasteiger charge is -2.26. The molecular formula is C21H19Cl2NS. The summed E-state index contributed by atoms with van der Waals surface area (Å²) in [6, 6.07) is 24.0. The summed E-state index contributed by atoms with van der Waals surface area (Å²) in [4.78, 5) is 2.19. The summed E-state index contributed by atoms with van der Waals surface area (Å²) in [5.41, 5.74) is 8.24. The van der Waals surface area contributed by atoms with E-state index in [4.69, 9.17) is 28.9 Å². The average Bonchev–Trinajstić information content (AvgIpc) is 2.59. The van der Waals surface area contributed by atoms with Gasteiger partial charge in [-0.2, -0.15) is 0 Å². The molecule has 3 rings (SSSR count). The van der Waals surface area contributed by atoms with E-state index in [1.807, 2.05) is 61.5 Å². The lowest BCUT2D eigenvalue weighted by atomic mass is 9.87. The maximum atomic E-state index is 6.58. The molecule has 0 bridgehead atoms. The summed E-state index contributed by atoms with van der Waals surface area (Å²) in [5, 5.41) is 1.45. The fourth-order valence-electron chi connectivity index (χ4n) is 2.72. The van der Waals surface area contributed by atoms with Crippen LogP contribution in [0.2, 0.25) is 10.0 Å². The molecule has 1 atom stereocenters. The largest absolute Gasteiger partial charge is 0.321 e. The molecule has 0 radical (unpaired) electrons. The van der Waals surface area contributed by atoms with Gasteiger partial charge < -0.3 is 5.73 Å². The Bertz CT molecular complexity index is 863. The van der Waals surface area contributed by atoms with E-state index in [-0.39, 0.29) is 0 Å². The Balaban J connectivity index is 1.84. The van der Waals surface area contributed by atoms with Crippen molar-refractivity contribution in [3.63, 3.8) is 0 Å². The maximum Gasteiger partial charge on any atom is 0.0545 e. The van der Waals surface area contributed by atoms with Crippen LogP contribution in [0.25, 0.3) is 0 Å². The molecule has 0 aliphatic heterocycles. The Morgan fingerprint density at radius 1 is 0.920 bits per heavy atom. The van der Waals surface area contributed by atoms with E-state index in [0.717, 1.165) is 25.9 Å². The van der Waals surface area contributed by atoms with E-state index in [2.05, 4.69) is 18.2 Å². The molecule has 0 spiro atoms. The summed E-state index contributed by atoms with van der Waals surface area (Å²) >= 11 is 14.2. The highest BCUT2D eigenvalue weighted by atomic mass is 35.5. The SMILES string of the molecule is CC(N)(Cc1ccc(Cl)c(Sc2ccccc2)c1)c1cccc(Cl)c1. The third-order valence-corrected chi connectivity index (χ3v) is 5.76. The predicted octanol–water partition coefficient (Wildman–Crippen LogP) is 6.56. The molecule has 0 heterocycles. The zero-order valence-corrected chi connectivity index (χ0v) is 16.2. The molecular weight excluding hydrogens is 369 g/mol. The third kappa shape index (κ3) is 4.80.